The van der Waals surface area contributed by atoms with Gasteiger partial charge in [-0.2, -0.15) is 0 Å². The molecule has 0 atom stereocenters. The van der Waals surface area contributed by atoms with E-state index in [1.807, 2.05) is 13.8 Å². The Kier molecular flexibility index (Phi) is 13.2. The number of thiazole rings is 1. The summed E-state index contributed by atoms with van der Waals surface area (Å²) in [4.78, 5) is 18.8. The molecule has 1 aromatic carbocycles. The number of halogens is 1. The van der Waals surface area contributed by atoms with Crippen LogP contribution in [0.2, 0.25) is 0 Å². The summed E-state index contributed by atoms with van der Waals surface area (Å²) in [6.45, 7) is 17.9. The van der Waals surface area contributed by atoms with E-state index < -0.39 is 5.82 Å². The molecule has 1 aromatic heterocycles. The van der Waals surface area contributed by atoms with E-state index in [1.165, 1.54) is 66.4 Å². The summed E-state index contributed by atoms with van der Waals surface area (Å²) < 4.78 is 24.4. The molecule has 8 heteroatoms. The van der Waals surface area contributed by atoms with Crippen molar-refractivity contribution >= 4 is 17.1 Å². The van der Waals surface area contributed by atoms with Crippen molar-refractivity contribution in [3.63, 3.8) is 0 Å². The summed E-state index contributed by atoms with van der Waals surface area (Å²) in [7, 11) is 2.90. The molecule has 33 heavy (non-hydrogen) atoms. The molecule has 0 radical (unpaired) electrons. The van der Waals surface area contributed by atoms with Gasteiger partial charge in [0.25, 0.3) is 0 Å². The summed E-state index contributed by atoms with van der Waals surface area (Å²) in [6, 6.07) is 2.85. The monoisotopic (exact) mass is 481 g/mol. The van der Waals surface area contributed by atoms with E-state index in [0.29, 0.717) is 27.1 Å². The highest BCUT2D eigenvalue weighted by molar-refractivity contribution is 7.17. The van der Waals surface area contributed by atoms with Gasteiger partial charge in [0.1, 0.15) is 22.3 Å². The first-order valence-electron chi connectivity index (χ1n) is 11.6. The Morgan fingerprint density at radius 3 is 2.45 bits per heavy atom. The fraction of sp³-hybridized carbons (Fsp3) is 0.600. The lowest BCUT2D eigenvalue weighted by atomic mass is 10.2. The maximum absolute atomic E-state index is 14.2. The number of hydrogen-bond donors (Lipinski definition) is 1. The largest absolute Gasteiger partial charge is 0.497 e. The SMILES string of the molecule is CC.CC(C)CN1CCCNCC1.COc1cc(F)c(-c2nc(C)c(C(C)=O)s2)c(OC)c1. The molecule has 1 saturated heterocycles. The van der Waals surface area contributed by atoms with Gasteiger partial charge in [0.2, 0.25) is 0 Å². The minimum Gasteiger partial charge on any atom is -0.497 e. The van der Waals surface area contributed by atoms with Crippen molar-refractivity contribution in [2.45, 2.75) is 48.0 Å². The summed E-state index contributed by atoms with van der Waals surface area (Å²) >= 11 is 1.16. The molecule has 0 bridgehead atoms. The van der Waals surface area contributed by atoms with Crippen molar-refractivity contribution in [2.24, 2.45) is 5.92 Å². The number of carbonyl (C=O) groups is 1. The lowest BCUT2D eigenvalue weighted by Gasteiger charge is -2.21. The molecule has 2 aromatic rings. The standard InChI is InChI=1S/C14H14FNO3S.C9H20N2.C2H6/c1-7-13(8(2)17)20-14(16-7)12-10(15)5-9(18-3)6-11(12)19-4;1-9(2)8-11-6-3-4-10-5-7-11;1-2/h5-6H,1-4H3;9-10H,3-8H2,1-2H3;1-2H3. The number of ketones is 1. The summed E-state index contributed by atoms with van der Waals surface area (Å²) in [5.41, 5.74) is 0.837. The molecule has 3 rings (SSSR count). The second kappa shape index (κ2) is 15.0. The lowest BCUT2D eigenvalue weighted by molar-refractivity contribution is 0.102. The molecule has 1 fully saturated rings. The Morgan fingerprint density at radius 1 is 1.21 bits per heavy atom. The van der Waals surface area contributed by atoms with Crippen LogP contribution in [0.5, 0.6) is 11.5 Å². The van der Waals surface area contributed by atoms with Crippen LogP contribution in [0.4, 0.5) is 4.39 Å². The van der Waals surface area contributed by atoms with E-state index in [2.05, 4.69) is 29.0 Å². The zero-order chi connectivity index (χ0) is 25.0. The molecule has 0 saturated carbocycles. The van der Waals surface area contributed by atoms with Gasteiger partial charge in [0.15, 0.2) is 5.78 Å². The Balaban J connectivity index is 0.000000354. The molecule has 0 spiro atoms. The van der Waals surface area contributed by atoms with Crippen molar-refractivity contribution < 1.29 is 18.7 Å². The van der Waals surface area contributed by atoms with Crippen molar-refractivity contribution in [1.29, 1.82) is 0 Å². The highest BCUT2D eigenvalue weighted by atomic mass is 32.1. The number of benzene rings is 1. The van der Waals surface area contributed by atoms with Crippen LogP contribution < -0.4 is 14.8 Å². The number of rotatable bonds is 6. The second-order valence-electron chi connectivity index (χ2n) is 7.97. The minimum atomic E-state index is -0.495. The third-order valence-corrected chi connectivity index (χ3v) is 6.15. The quantitative estimate of drug-likeness (QED) is 0.554. The van der Waals surface area contributed by atoms with E-state index in [-0.39, 0.29) is 11.3 Å². The van der Waals surface area contributed by atoms with Gasteiger partial charge in [0.05, 0.1) is 30.4 Å². The Bertz CT molecular complexity index is 863. The summed E-state index contributed by atoms with van der Waals surface area (Å²) in [6.07, 6.45) is 1.31. The van der Waals surface area contributed by atoms with Crippen LogP contribution in [-0.4, -0.2) is 62.6 Å². The maximum Gasteiger partial charge on any atom is 0.171 e. The van der Waals surface area contributed by atoms with Crippen LogP contribution in [0.15, 0.2) is 12.1 Å². The molecule has 0 aliphatic carbocycles. The number of methoxy groups -OCH3 is 2. The Labute approximate surface area is 202 Å². The average Bonchev–Trinajstić information content (AvgIpc) is 2.99. The van der Waals surface area contributed by atoms with Crippen LogP contribution in [-0.2, 0) is 0 Å². The third kappa shape index (κ3) is 9.02. The van der Waals surface area contributed by atoms with Gasteiger partial charge in [0, 0.05) is 38.7 Å². The van der Waals surface area contributed by atoms with Gasteiger partial charge in [-0.25, -0.2) is 9.37 Å². The van der Waals surface area contributed by atoms with Crippen molar-refractivity contribution in [1.82, 2.24) is 15.2 Å². The zero-order valence-electron chi connectivity index (χ0n) is 21.4. The minimum absolute atomic E-state index is 0.0841. The average molecular weight is 482 g/mol. The predicted molar refractivity (Wildman–Crippen MR) is 135 cm³/mol. The highest BCUT2D eigenvalue weighted by Gasteiger charge is 2.20. The van der Waals surface area contributed by atoms with E-state index in [9.17, 15) is 9.18 Å². The molecular weight excluding hydrogens is 441 g/mol. The van der Waals surface area contributed by atoms with Crippen LogP contribution in [0.25, 0.3) is 10.6 Å². The first-order valence-corrected chi connectivity index (χ1v) is 12.4. The van der Waals surface area contributed by atoms with E-state index >= 15 is 0 Å². The number of nitrogens with one attached hydrogen (secondary N) is 1. The first kappa shape index (κ1) is 29.0. The molecule has 1 aliphatic heterocycles. The molecule has 0 unspecified atom stereocenters. The number of ether oxygens (including phenoxy) is 2. The maximum atomic E-state index is 14.2. The van der Waals surface area contributed by atoms with Gasteiger partial charge in [-0.3, -0.25) is 4.79 Å². The topological polar surface area (TPSA) is 63.7 Å². The number of carbonyl (C=O) groups excluding carboxylic acids is 1. The number of aryl methyl sites for hydroxylation is 1. The summed E-state index contributed by atoms with van der Waals surface area (Å²) in [5, 5.41) is 3.83. The molecule has 186 valence electrons. The second-order valence-corrected chi connectivity index (χ2v) is 8.97. The van der Waals surface area contributed by atoms with E-state index in [1.54, 1.807) is 13.0 Å². The number of hydrogen-bond acceptors (Lipinski definition) is 7. The Morgan fingerprint density at radius 2 is 1.91 bits per heavy atom. The molecule has 0 amide bonds. The van der Waals surface area contributed by atoms with Crippen molar-refractivity contribution in [3.05, 3.63) is 28.5 Å². The van der Waals surface area contributed by atoms with Gasteiger partial charge in [-0.1, -0.05) is 27.7 Å². The number of nitrogens with zero attached hydrogens (tertiary/aromatic N) is 2. The first-order chi connectivity index (χ1) is 15.8. The van der Waals surface area contributed by atoms with Crippen LogP contribution in [0, 0.1) is 18.7 Å². The van der Waals surface area contributed by atoms with Crippen molar-refractivity contribution in [2.75, 3.05) is 46.9 Å². The van der Waals surface area contributed by atoms with Gasteiger partial charge in [-0.15, -0.1) is 11.3 Å². The van der Waals surface area contributed by atoms with Crippen LogP contribution >= 0.6 is 11.3 Å². The number of Topliss-reactive ketones (excluding diaryl/α,β-unsaturated/α-hetero) is 1. The van der Waals surface area contributed by atoms with Gasteiger partial charge >= 0.3 is 0 Å². The fourth-order valence-electron chi connectivity index (χ4n) is 3.47. The van der Waals surface area contributed by atoms with E-state index in [4.69, 9.17) is 9.47 Å². The molecule has 1 aliphatic rings. The number of aromatic nitrogens is 1. The molecule has 1 N–H and O–H groups in total. The van der Waals surface area contributed by atoms with E-state index in [0.717, 1.165) is 17.3 Å². The highest BCUT2D eigenvalue weighted by Crippen LogP contribution is 2.39. The van der Waals surface area contributed by atoms with Crippen LogP contribution in [0.1, 0.15) is 56.4 Å². The molecule has 2 heterocycles. The molecular formula is C25H40FN3O3S. The zero-order valence-corrected chi connectivity index (χ0v) is 22.2. The fourth-order valence-corrected chi connectivity index (χ4v) is 4.49. The lowest BCUT2D eigenvalue weighted by Crippen LogP contribution is -2.31. The smallest absolute Gasteiger partial charge is 0.171 e. The van der Waals surface area contributed by atoms with Crippen LogP contribution in [0.3, 0.4) is 0 Å². The normalized spacial score (nSPS) is 13.9. The molecule has 6 nitrogen and oxygen atoms in total. The third-order valence-electron chi connectivity index (χ3n) is 4.87. The van der Waals surface area contributed by atoms with Crippen molar-refractivity contribution in [3.8, 4) is 22.1 Å². The Hall–Kier alpha value is -2.03. The van der Waals surface area contributed by atoms with Gasteiger partial charge in [-0.05, 0) is 32.4 Å². The predicted octanol–water partition coefficient (Wildman–Crippen LogP) is 5.44. The summed E-state index contributed by atoms with van der Waals surface area (Å²) in [5.74, 6) is 0.922. The van der Waals surface area contributed by atoms with Gasteiger partial charge < -0.3 is 19.7 Å².